The molecule has 0 aliphatic rings. The molecule has 2 aromatic carbocycles. The average molecular weight is 397 g/mol. The smallest absolute Gasteiger partial charge is 0.329 e. The van der Waals surface area contributed by atoms with E-state index in [0.29, 0.717) is 11.4 Å². The lowest BCUT2D eigenvalue weighted by Gasteiger charge is -2.21. The molecule has 0 saturated heterocycles. The topological polar surface area (TPSA) is 96.5 Å². The van der Waals surface area contributed by atoms with E-state index in [9.17, 15) is 14.4 Å². The first-order valence-electron chi connectivity index (χ1n) is 9.42. The van der Waals surface area contributed by atoms with Gasteiger partial charge in [0.1, 0.15) is 6.04 Å². The molecule has 0 bridgehead atoms. The van der Waals surface area contributed by atoms with Crippen LogP contribution in [-0.2, 0) is 14.3 Å². The zero-order valence-corrected chi connectivity index (χ0v) is 17.1. The van der Waals surface area contributed by atoms with Crippen molar-refractivity contribution in [1.29, 1.82) is 0 Å². The molecular formula is C22H27N3O4. The van der Waals surface area contributed by atoms with Crippen molar-refractivity contribution in [2.45, 2.75) is 33.7 Å². The molecule has 29 heavy (non-hydrogen) atoms. The Balaban J connectivity index is 1.89. The molecular weight excluding hydrogens is 370 g/mol. The molecule has 2 aromatic rings. The van der Waals surface area contributed by atoms with Crippen LogP contribution in [-0.4, -0.2) is 30.6 Å². The number of para-hydroxylation sites is 1. The fraction of sp³-hybridized carbons (Fsp3) is 0.318. The minimum atomic E-state index is -0.882. The Kier molecular flexibility index (Phi) is 7.77. The summed E-state index contributed by atoms with van der Waals surface area (Å²) in [7, 11) is 0. The normalized spacial score (nSPS) is 11.5. The number of amides is 3. The summed E-state index contributed by atoms with van der Waals surface area (Å²) in [6.07, 6.45) is 0. The molecule has 154 valence electrons. The molecule has 0 spiro atoms. The van der Waals surface area contributed by atoms with Crippen LogP contribution in [0.3, 0.4) is 0 Å². The number of carbonyl (C=O) groups excluding carboxylic acids is 3. The largest absolute Gasteiger partial charge is 0.454 e. The van der Waals surface area contributed by atoms with Crippen molar-refractivity contribution in [3.63, 3.8) is 0 Å². The zero-order valence-electron chi connectivity index (χ0n) is 17.1. The molecule has 0 aromatic heterocycles. The number of ether oxygens (including phenoxy) is 1. The summed E-state index contributed by atoms with van der Waals surface area (Å²) < 4.78 is 5.13. The maximum atomic E-state index is 12.4. The van der Waals surface area contributed by atoms with Gasteiger partial charge >= 0.3 is 12.0 Å². The highest BCUT2D eigenvalue weighted by molar-refractivity contribution is 5.95. The Morgan fingerprint density at radius 2 is 1.66 bits per heavy atom. The fourth-order valence-electron chi connectivity index (χ4n) is 2.61. The second kappa shape index (κ2) is 10.3. The van der Waals surface area contributed by atoms with Gasteiger partial charge in [-0.05, 0) is 49.1 Å². The van der Waals surface area contributed by atoms with Crippen molar-refractivity contribution in [3.8, 4) is 0 Å². The average Bonchev–Trinajstić information content (AvgIpc) is 2.67. The number of esters is 1. The standard InChI is InChI=1S/C22H27N3O4/c1-14(2)20(25-22(28)23-17-8-6-5-7-9-17)21(27)29-13-19(26)24-18-12-15(3)10-11-16(18)4/h5-12,14,20H,13H2,1-4H3,(H,24,26)(H2,23,25,28)/t20-/m1/s1. The van der Waals surface area contributed by atoms with Crippen LogP contribution >= 0.6 is 0 Å². The van der Waals surface area contributed by atoms with Crippen molar-refractivity contribution in [1.82, 2.24) is 5.32 Å². The van der Waals surface area contributed by atoms with Crippen molar-refractivity contribution in [3.05, 3.63) is 59.7 Å². The zero-order chi connectivity index (χ0) is 21.4. The monoisotopic (exact) mass is 397 g/mol. The second-order valence-corrected chi connectivity index (χ2v) is 7.16. The lowest BCUT2D eigenvalue weighted by Crippen LogP contribution is -2.47. The number of nitrogens with one attached hydrogen (secondary N) is 3. The lowest BCUT2D eigenvalue weighted by atomic mass is 10.1. The number of carbonyl (C=O) groups is 3. The highest BCUT2D eigenvalue weighted by Gasteiger charge is 2.26. The Morgan fingerprint density at radius 1 is 0.966 bits per heavy atom. The molecule has 0 radical (unpaired) electrons. The number of hydrogen-bond acceptors (Lipinski definition) is 4. The number of benzene rings is 2. The summed E-state index contributed by atoms with van der Waals surface area (Å²) in [4.78, 5) is 36.7. The van der Waals surface area contributed by atoms with Crippen LogP contribution < -0.4 is 16.0 Å². The lowest BCUT2D eigenvalue weighted by molar-refractivity contribution is -0.150. The number of urea groups is 1. The first-order valence-corrected chi connectivity index (χ1v) is 9.42. The van der Waals surface area contributed by atoms with Gasteiger partial charge in [-0.3, -0.25) is 4.79 Å². The van der Waals surface area contributed by atoms with E-state index in [-0.39, 0.29) is 5.92 Å². The highest BCUT2D eigenvalue weighted by atomic mass is 16.5. The van der Waals surface area contributed by atoms with Gasteiger partial charge < -0.3 is 20.7 Å². The molecule has 0 aliphatic heterocycles. The van der Waals surface area contributed by atoms with Crippen LogP contribution in [0.15, 0.2) is 48.5 Å². The maximum absolute atomic E-state index is 12.4. The van der Waals surface area contributed by atoms with Crippen LogP contribution in [0.5, 0.6) is 0 Å². The van der Waals surface area contributed by atoms with E-state index in [0.717, 1.165) is 11.1 Å². The number of hydrogen-bond donors (Lipinski definition) is 3. The van der Waals surface area contributed by atoms with Gasteiger partial charge in [-0.15, -0.1) is 0 Å². The Hall–Kier alpha value is -3.35. The van der Waals surface area contributed by atoms with E-state index in [2.05, 4.69) is 16.0 Å². The van der Waals surface area contributed by atoms with Gasteiger partial charge in [-0.1, -0.05) is 44.2 Å². The van der Waals surface area contributed by atoms with Gasteiger partial charge in [0.25, 0.3) is 5.91 Å². The van der Waals surface area contributed by atoms with Gasteiger partial charge in [0, 0.05) is 11.4 Å². The van der Waals surface area contributed by atoms with Crippen LogP contribution in [0, 0.1) is 19.8 Å². The first kappa shape index (κ1) is 21.9. The molecule has 0 fully saturated rings. The Bertz CT molecular complexity index is 866. The Morgan fingerprint density at radius 3 is 2.31 bits per heavy atom. The summed E-state index contributed by atoms with van der Waals surface area (Å²) in [5, 5.41) is 7.98. The third-order valence-corrected chi connectivity index (χ3v) is 4.25. The van der Waals surface area contributed by atoms with Crippen molar-refractivity contribution in [2.24, 2.45) is 5.92 Å². The maximum Gasteiger partial charge on any atom is 0.329 e. The van der Waals surface area contributed by atoms with Crippen molar-refractivity contribution >= 4 is 29.3 Å². The van der Waals surface area contributed by atoms with Gasteiger partial charge in [0.05, 0.1) is 0 Å². The predicted octanol–water partition coefficient (Wildman–Crippen LogP) is 3.63. The predicted molar refractivity (Wildman–Crippen MR) is 113 cm³/mol. The van der Waals surface area contributed by atoms with E-state index in [1.165, 1.54) is 0 Å². The van der Waals surface area contributed by atoms with E-state index >= 15 is 0 Å². The SMILES string of the molecule is Cc1ccc(C)c(NC(=O)COC(=O)[C@H](NC(=O)Nc2ccccc2)C(C)C)c1. The van der Waals surface area contributed by atoms with Gasteiger partial charge in [0.2, 0.25) is 0 Å². The van der Waals surface area contributed by atoms with E-state index < -0.39 is 30.6 Å². The molecule has 7 heteroatoms. The number of anilines is 2. The summed E-state index contributed by atoms with van der Waals surface area (Å²) in [5.41, 5.74) is 3.20. The van der Waals surface area contributed by atoms with Gasteiger partial charge in [-0.2, -0.15) is 0 Å². The minimum Gasteiger partial charge on any atom is -0.454 e. The van der Waals surface area contributed by atoms with Gasteiger partial charge in [-0.25, -0.2) is 9.59 Å². The molecule has 3 amide bonds. The van der Waals surface area contributed by atoms with E-state index in [4.69, 9.17) is 4.74 Å². The summed E-state index contributed by atoms with van der Waals surface area (Å²) in [6, 6.07) is 13.2. The molecule has 0 saturated carbocycles. The summed E-state index contributed by atoms with van der Waals surface area (Å²) >= 11 is 0. The Labute approximate surface area is 170 Å². The molecule has 3 N–H and O–H groups in total. The first-order chi connectivity index (χ1) is 13.8. The van der Waals surface area contributed by atoms with Crippen molar-refractivity contribution in [2.75, 3.05) is 17.2 Å². The minimum absolute atomic E-state index is 0.217. The number of aryl methyl sites for hydroxylation is 2. The number of rotatable bonds is 7. The van der Waals surface area contributed by atoms with Gasteiger partial charge in [0.15, 0.2) is 6.61 Å². The molecule has 2 rings (SSSR count). The molecule has 0 aliphatic carbocycles. The summed E-state index contributed by atoms with van der Waals surface area (Å²) in [5.74, 6) is -1.33. The molecule has 0 heterocycles. The summed E-state index contributed by atoms with van der Waals surface area (Å²) in [6.45, 7) is 6.94. The van der Waals surface area contributed by atoms with Crippen LogP contribution in [0.2, 0.25) is 0 Å². The van der Waals surface area contributed by atoms with E-state index in [1.807, 2.05) is 38.1 Å². The molecule has 1 atom stereocenters. The third kappa shape index (κ3) is 6.95. The third-order valence-electron chi connectivity index (χ3n) is 4.25. The van der Waals surface area contributed by atoms with Crippen LogP contribution in [0.25, 0.3) is 0 Å². The van der Waals surface area contributed by atoms with Crippen LogP contribution in [0.4, 0.5) is 16.2 Å². The van der Waals surface area contributed by atoms with Crippen LogP contribution in [0.1, 0.15) is 25.0 Å². The van der Waals surface area contributed by atoms with Crippen molar-refractivity contribution < 1.29 is 19.1 Å². The van der Waals surface area contributed by atoms with E-state index in [1.54, 1.807) is 38.1 Å². The highest BCUT2D eigenvalue weighted by Crippen LogP contribution is 2.16. The second-order valence-electron chi connectivity index (χ2n) is 7.16. The molecule has 7 nitrogen and oxygen atoms in total. The fourth-order valence-corrected chi connectivity index (χ4v) is 2.61. The quantitative estimate of drug-likeness (QED) is 0.622. The molecule has 0 unspecified atom stereocenters.